The van der Waals surface area contributed by atoms with Gasteiger partial charge in [0.15, 0.2) is 0 Å². The molecule has 0 saturated carbocycles. The summed E-state index contributed by atoms with van der Waals surface area (Å²) in [7, 11) is 2.97. The van der Waals surface area contributed by atoms with Gasteiger partial charge in [0.05, 0.1) is 0 Å². The first-order valence-electron chi connectivity index (χ1n) is 11.7. The third-order valence-corrected chi connectivity index (χ3v) is 6.61. The van der Waals surface area contributed by atoms with Crippen LogP contribution in [-0.2, 0) is 36.4 Å². The van der Waals surface area contributed by atoms with Crippen LogP contribution in [-0.4, -0.2) is 7.63 Å². The van der Waals surface area contributed by atoms with E-state index in [-0.39, 0.29) is 25.7 Å². The van der Waals surface area contributed by atoms with Crippen LogP contribution in [0.3, 0.4) is 0 Å². The monoisotopic (exact) mass is 504 g/mol. The van der Waals surface area contributed by atoms with Gasteiger partial charge in [0.2, 0.25) is 0 Å². The number of benzene rings is 2. The molecule has 0 spiro atoms. The molecule has 2 radical (unpaired) electrons. The van der Waals surface area contributed by atoms with Crippen molar-refractivity contribution >= 4 is 7.63 Å². The number of hydrogen-bond donors (Lipinski definition) is 0. The van der Waals surface area contributed by atoms with Gasteiger partial charge in [-0.1, -0.05) is 97.4 Å². The van der Waals surface area contributed by atoms with Crippen molar-refractivity contribution in [2.45, 2.75) is 85.5 Å². The van der Waals surface area contributed by atoms with Crippen LogP contribution in [0.15, 0.2) is 48.6 Å². The Kier molecular flexibility index (Phi) is 12.8. The first-order valence-corrected chi connectivity index (χ1v) is 14.6. The molecule has 2 heteroatoms. The van der Waals surface area contributed by atoms with E-state index in [2.05, 4.69) is 118 Å². The summed E-state index contributed by atoms with van der Waals surface area (Å²) in [5.41, 5.74) is 9.00. The molecular formula is C32H44SiTi-4. The predicted molar refractivity (Wildman–Crippen MR) is 149 cm³/mol. The maximum atomic E-state index is 3.67. The molecule has 0 heterocycles. The molecule has 4 rings (SSSR count). The van der Waals surface area contributed by atoms with E-state index in [1.165, 1.54) is 46.2 Å². The van der Waals surface area contributed by atoms with Crippen molar-refractivity contribution in [2.24, 2.45) is 5.41 Å². The molecular weight excluding hydrogens is 460 g/mol. The van der Waals surface area contributed by atoms with E-state index in [0.717, 1.165) is 6.42 Å². The molecule has 2 aliphatic rings. The number of allylic oxidation sites excluding steroid dienone is 4. The van der Waals surface area contributed by atoms with Crippen LogP contribution in [0.4, 0.5) is 0 Å². The Morgan fingerprint density at radius 2 is 1.47 bits per heavy atom. The second-order valence-electron chi connectivity index (χ2n) is 10.8. The van der Waals surface area contributed by atoms with Gasteiger partial charge in [0.1, 0.15) is 0 Å². The summed E-state index contributed by atoms with van der Waals surface area (Å²) in [6.07, 6.45) is 13.1. The fourth-order valence-corrected chi connectivity index (χ4v) is 4.21. The molecule has 34 heavy (non-hydrogen) atoms. The summed E-state index contributed by atoms with van der Waals surface area (Å²) in [4.78, 5) is 0. The van der Waals surface area contributed by atoms with Crippen LogP contribution in [0.2, 0.25) is 0 Å². The molecule has 2 aliphatic carbocycles. The average Bonchev–Trinajstić information content (AvgIpc) is 3.38. The van der Waals surface area contributed by atoms with Crippen molar-refractivity contribution in [2.75, 3.05) is 0 Å². The summed E-state index contributed by atoms with van der Waals surface area (Å²) >= 11 is 1.81. The van der Waals surface area contributed by atoms with E-state index < -0.39 is 0 Å². The van der Waals surface area contributed by atoms with Gasteiger partial charge in [-0.2, -0.15) is 29.8 Å². The van der Waals surface area contributed by atoms with Gasteiger partial charge in [-0.05, 0) is 28.4 Å². The second-order valence-corrected chi connectivity index (χ2v) is 10.8. The van der Waals surface area contributed by atoms with Gasteiger partial charge in [0, 0.05) is 0 Å². The molecule has 0 atom stereocenters. The van der Waals surface area contributed by atoms with E-state index >= 15 is 0 Å². The molecule has 0 aromatic heterocycles. The van der Waals surface area contributed by atoms with Gasteiger partial charge >= 0.3 is 26.8 Å². The normalized spacial score (nSPS) is 14.3. The Morgan fingerprint density at radius 3 is 1.91 bits per heavy atom. The topological polar surface area (TPSA) is 0 Å². The van der Waals surface area contributed by atoms with E-state index in [1.54, 1.807) is 19.2 Å². The van der Waals surface area contributed by atoms with E-state index in [9.17, 15) is 0 Å². The Balaban J connectivity index is 0.000000713. The molecule has 0 fully saturated rings. The minimum atomic E-state index is 0. The van der Waals surface area contributed by atoms with E-state index in [1.807, 2.05) is 6.08 Å². The van der Waals surface area contributed by atoms with Crippen molar-refractivity contribution in [3.63, 3.8) is 0 Å². The van der Waals surface area contributed by atoms with Crippen molar-refractivity contribution in [1.29, 1.82) is 0 Å². The van der Waals surface area contributed by atoms with Gasteiger partial charge in [-0.3, -0.25) is 6.08 Å². The van der Waals surface area contributed by atoms with Crippen molar-refractivity contribution in [3.05, 3.63) is 97.8 Å². The maximum absolute atomic E-state index is 3.67. The first kappa shape index (κ1) is 32.9. The quantitative estimate of drug-likeness (QED) is 0.241. The van der Waals surface area contributed by atoms with Crippen LogP contribution in [0, 0.1) is 32.4 Å². The van der Waals surface area contributed by atoms with Crippen molar-refractivity contribution < 1.29 is 19.2 Å². The molecule has 0 saturated heterocycles. The predicted octanol–water partition coefficient (Wildman–Crippen LogP) is 8.89. The molecule has 0 nitrogen and oxygen atoms in total. The molecule has 2 aromatic carbocycles. The standard InChI is InChI=1S/C21H25.C9H13.2CH3.Si.Ti/c1-20(2,3)16-7-9-18-14(12-16)11-15-13-17(21(4,5)6)8-10-19(15)18;1-3-9(4-2)7-5-6-8-9;;;;/h7-10,12H,11H2,1-6H3;5-7H,3-4H2,1-2H3;2*1H3;;/q4*-1;;. The summed E-state index contributed by atoms with van der Waals surface area (Å²) in [5.74, 6) is 0. The number of rotatable bonds is 2. The molecule has 0 bridgehead atoms. The van der Waals surface area contributed by atoms with Crippen LogP contribution in [0.1, 0.15) is 90.5 Å². The summed E-state index contributed by atoms with van der Waals surface area (Å²) < 4.78 is 0. The molecule has 2 aromatic rings. The SMILES string of the molecule is CC(C)(C)c1[c-]c2c(cc1)-c1ccc(C(C)(C)C)cc1C2.CCC1(CC)[C-]=CC=C1.[CH3-].[CH3-].[Si]=[Ti]. The zero-order chi connectivity index (χ0) is 24.2. The van der Waals surface area contributed by atoms with Crippen LogP contribution < -0.4 is 0 Å². The van der Waals surface area contributed by atoms with Gasteiger partial charge < -0.3 is 14.9 Å². The van der Waals surface area contributed by atoms with E-state index in [4.69, 9.17) is 0 Å². The van der Waals surface area contributed by atoms with Gasteiger partial charge in [-0.15, -0.1) is 11.1 Å². The van der Waals surface area contributed by atoms with E-state index in [0.29, 0.717) is 5.41 Å². The van der Waals surface area contributed by atoms with Crippen molar-refractivity contribution in [3.8, 4) is 11.1 Å². The van der Waals surface area contributed by atoms with Gasteiger partial charge in [0.25, 0.3) is 0 Å². The Morgan fingerprint density at radius 1 is 0.882 bits per heavy atom. The summed E-state index contributed by atoms with van der Waals surface area (Å²) in [6, 6.07) is 15.2. The van der Waals surface area contributed by atoms with Crippen LogP contribution in [0.25, 0.3) is 11.1 Å². The minimum absolute atomic E-state index is 0. The molecule has 0 N–H and O–H groups in total. The first-order chi connectivity index (χ1) is 15.0. The number of fused-ring (bicyclic) bond motifs is 3. The average molecular weight is 505 g/mol. The van der Waals surface area contributed by atoms with Crippen LogP contribution >= 0.6 is 0 Å². The fraction of sp³-hybridized carbons (Fsp3) is 0.438. The zero-order valence-corrected chi connectivity index (χ0v) is 25.8. The molecule has 184 valence electrons. The number of hydrogen-bond acceptors (Lipinski definition) is 0. The Hall–Kier alpha value is -1.15. The third kappa shape index (κ3) is 7.67. The van der Waals surface area contributed by atoms with Gasteiger partial charge in [-0.25, -0.2) is 12.2 Å². The third-order valence-electron chi connectivity index (χ3n) is 6.61. The molecule has 0 unspecified atom stereocenters. The summed E-state index contributed by atoms with van der Waals surface area (Å²) in [6.45, 7) is 18.0. The zero-order valence-electron chi connectivity index (χ0n) is 23.2. The fourth-order valence-electron chi connectivity index (χ4n) is 4.21. The van der Waals surface area contributed by atoms with Crippen LogP contribution in [0.5, 0.6) is 0 Å². The Labute approximate surface area is 225 Å². The Bertz CT molecular complexity index is 904. The molecule has 0 amide bonds. The second kappa shape index (κ2) is 13.2. The summed E-state index contributed by atoms with van der Waals surface area (Å²) in [5, 5.41) is 0. The van der Waals surface area contributed by atoms with Crippen molar-refractivity contribution in [1.82, 2.24) is 0 Å². The molecule has 0 aliphatic heterocycles.